The van der Waals surface area contributed by atoms with Crippen LogP contribution in [-0.2, 0) is 6.42 Å². The molecule has 0 aliphatic carbocycles. The zero-order chi connectivity index (χ0) is 17.1. The van der Waals surface area contributed by atoms with E-state index in [9.17, 15) is 0 Å². The number of aromatic nitrogens is 3. The molecule has 1 aromatic carbocycles. The smallest absolute Gasteiger partial charge is 0.139 e. The first-order chi connectivity index (χ1) is 12.3. The van der Waals surface area contributed by atoms with E-state index in [0.717, 1.165) is 61.6 Å². The van der Waals surface area contributed by atoms with Crippen molar-refractivity contribution in [2.75, 3.05) is 37.6 Å². The van der Waals surface area contributed by atoms with Gasteiger partial charge in [0.05, 0.1) is 5.52 Å². The second-order valence-electron chi connectivity index (χ2n) is 6.56. The highest BCUT2D eigenvalue weighted by Crippen LogP contribution is 2.23. The topological polar surface area (TPSA) is 45.2 Å². The molecule has 0 N–H and O–H groups in total. The SMILES string of the molecule is Cc1cccc(CCN2CCN(c3ncnc4ccccc34)CC2)n1. The molecule has 0 atom stereocenters. The monoisotopic (exact) mass is 333 g/mol. The third-order valence-corrected chi connectivity index (χ3v) is 4.82. The zero-order valence-electron chi connectivity index (χ0n) is 14.6. The van der Waals surface area contributed by atoms with Gasteiger partial charge in [0.15, 0.2) is 0 Å². The maximum atomic E-state index is 4.60. The number of hydrogen-bond acceptors (Lipinski definition) is 5. The minimum absolute atomic E-state index is 1.00. The Bertz CT molecular complexity index is 850. The summed E-state index contributed by atoms with van der Waals surface area (Å²) < 4.78 is 0. The fourth-order valence-electron chi connectivity index (χ4n) is 3.44. The van der Waals surface area contributed by atoms with Crippen molar-refractivity contribution in [2.45, 2.75) is 13.3 Å². The molecule has 1 saturated heterocycles. The summed E-state index contributed by atoms with van der Waals surface area (Å²) >= 11 is 0. The molecule has 3 aromatic rings. The minimum atomic E-state index is 1.00. The second kappa shape index (κ2) is 7.15. The van der Waals surface area contributed by atoms with Crippen LogP contribution >= 0.6 is 0 Å². The molecular formula is C20H23N5. The summed E-state index contributed by atoms with van der Waals surface area (Å²) in [7, 11) is 0. The van der Waals surface area contributed by atoms with Crippen molar-refractivity contribution in [3.63, 3.8) is 0 Å². The number of anilines is 1. The van der Waals surface area contributed by atoms with Crippen LogP contribution in [0, 0.1) is 6.92 Å². The first kappa shape index (κ1) is 16.0. The first-order valence-corrected chi connectivity index (χ1v) is 8.89. The number of benzene rings is 1. The molecule has 4 rings (SSSR count). The van der Waals surface area contributed by atoms with Crippen molar-refractivity contribution >= 4 is 16.7 Å². The molecule has 0 bridgehead atoms. The number of rotatable bonds is 4. The average molecular weight is 333 g/mol. The summed E-state index contributed by atoms with van der Waals surface area (Å²) in [5.74, 6) is 1.06. The van der Waals surface area contributed by atoms with Gasteiger partial charge in [-0.25, -0.2) is 9.97 Å². The van der Waals surface area contributed by atoms with E-state index >= 15 is 0 Å². The predicted molar refractivity (Wildman–Crippen MR) is 101 cm³/mol. The zero-order valence-corrected chi connectivity index (χ0v) is 14.6. The van der Waals surface area contributed by atoms with E-state index in [1.807, 2.05) is 25.1 Å². The Hall–Kier alpha value is -2.53. The Morgan fingerprint density at radius 1 is 0.920 bits per heavy atom. The Balaban J connectivity index is 1.38. The summed E-state index contributed by atoms with van der Waals surface area (Å²) in [5.41, 5.74) is 3.29. The van der Waals surface area contributed by atoms with Gasteiger partial charge in [-0.15, -0.1) is 0 Å². The number of fused-ring (bicyclic) bond motifs is 1. The Labute approximate surface area is 148 Å². The summed E-state index contributed by atoms with van der Waals surface area (Å²) in [6.45, 7) is 7.24. The molecule has 1 aliphatic heterocycles. The van der Waals surface area contributed by atoms with Gasteiger partial charge in [0.2, 0.25) is 0 Å². The van der Waals surface area contributed by atoms with Gasteiger partial charge in [-0.3, -0.25) is 9.88 Å². The molecule has 5 heteroatoms. The first-order valence-electron chi connectivity index (χ1n) is 8.89. The molecule has 0 saturated carbocycles. The molecule has 0 unspecified atom stereocenters. The van der Waals surface area contributed by atoms with Crippen molar-refractivity contribution in [2.24, 2.45) is 0 Å². The molecule has 3 heterocycles. The lowest BCUT2D eigenvalue weighted by Gasteiger charge is -2.35. The van der Waals surface area contributed by atoms with Gasteiger partial charge in [0.25, 0.3) is 0 Å². The quantitative estimate of drug-likeness (QED) is 0.734. The van der Waals surface area contributed by atoms with Crippen LogP contribution in [0.1, 0.15) is 11.4 Å². The van der Waals surface area contributed by atoms with Gasteiger partial charge in [-0.05, 0) is 31.2 Å². The molecule has 0 amide bonds. The second-order valence-corrected chi connectivity index (χ2v) is 6.56. The molecule has 0 radical (unpaired) electrons. The van der Waals surface area contributed by atoms with Crippen molar-refractivity contribution in [1.29, 1.82) is 0 Å². The lowest BCUT2D eigenvalue weighted by molar-refractivity contribution is 0.260. The van der Waals surface area contributed by atoms with Gasteiger partial charge in [0, 0.05) is 55.9 Å². The minimum Gasteiger partial charge on any atom is -0.353 e. The van der Waals surface area contributed by atoms with Crippen LogP contribution in [0.2, 0.25) is 0 Å². The van der Waals surface area contributed by atoms with Crippen LogP contribution in [0.3, 0.4) is 0 Å². The number of nitrogens with zero attached hydrogens (tertiary/aromatic N) is 5. The molecule has 5 nitrogen and oxygen atoms in total. The third-order valence-electron chi connectivity index (χ3n) is 4.82. The van der Waals surface area contributed by atoms with Gasteiger partial charge < -0.3 is 4.90 Å². The number of pyridine rings is 1. The third kappa shape index (κ3) is 3.61. The summed E-state index contributed by atoms with van der Waals surface area (Å²) in [4.78, 5) is 18.4. The molecular weight excluding hydrogens is 310 g/mol. The van der Waals surface area contributed by atoms with Crippen molar-refractivity contribution in [1.82, 2.24) is 19.9 Å². The van der Waals surface area contributed by atoms with Gasteiger partial charge in [-0.2, -0.15) is 0 Å². The van der Waals surface area contributed by atoms with Gasteiger partial charge >= 0.3 is 0 Å². The Kier molecular flexibility index (Phi) is 4.57. The van der Waals surface area contributed by atoms with Crippen LogP contribution in [0.5, 0.6) is 0 Å². The number of piperazine rings is 1. The number of hydrogen-bond donors (Lipinski definition) is 0. The van der Waals surface area contributed by atoms with Crippen molar-refractivity contribution < 1.29 is 0 Å². The van der Waals surface area contributed by atoms with Crippen LogP contribution in [0.25, 0.3) is 10.9 Å². The summed E-state index contributed by atoms with van der Waals surface area (Å²) in [6, 6.07) is 14.5. The maximum absolute atomic E-state index is 4.60. The van der Waals surface area contributed by atoms with E-state index in [0.29, 0.717) is 0 Å². The van der Waals surface area contributed by atoms with Gasteiger partial charge in [0.1, 0.15) is 12.1 Å². The fourth-order valence-corrected chi connectivity index (χ4v) is 3.44. The summed E-state index contributed by atoms with van der Waals surface area (Å²) in [5, 5.41) is 1.14. The Morgan fingerprint density at radius 3 is 2.60 bits per heavy atom. The van der Waals surface area contributed by atoms with E-state index in [2.05, 4.69) is 49.0 Å². The Morgan fingerprint density at radius 2 is 1.76 bits per heavy atom. The van der Waals surface area contributed by atoms with Gasteiger partial charge in [-0.1, -0.05) is 18.2 Å². The lowest BCUT2D eigenvalue weighted by atomic mass is 10.2. The van der Waals surface area contributed by atoms with E-state index in [4.69, 9.17) is 0 Å². The number of para-hydroxylation sites is 1. The normalized spacial score (nSPS) is 15.6. The van der Waals surface area contributed by atoms with Crippen molar-refractivity contribution in [3.05, 3.63) is 60.2 Å². The molecule has 1 fully saturated rings. The molecule has 128 valence electrons. The molecule has 2 aromatic heterocycles. The standard InChI is InChI=1S/C20H23N5/c1-16-5-4-6-17(23-16)9-10-24-11-13-25(14-12-24)20-18-7-2-3-8-19(18)21-15-22-20/h2-8,15H,9-14H2,1H3. The molecule has 25 heavy (non-hydrogen) atoms. The van der Waals surface area contributed by atoms with E-state index in [-0.39, 0.29) is 0 Å². The summed E-state index contributed by atoms with van der Waals surface area (Å²) in [6.07, 6.45) is 2.69. The van der Waals surface area contributed by atoms with Crippen LogP contribution in [0.4, 0.5) is 5.82 Å². The van der Waals surface area contributed by atoms with E-state index < -0.39 is 0 Å². The van der Waals surface area contributed by atoms with Crippen molar-refractivity contribution in [3.8, 4) is 0 Å². The van der Waals surface area contributed by atoms with Crippen LogP contribution in [0.15, 0.2) is 48.8 Å². The molecule has 1 aliphatic rings. The average Bonchev–Trinajstić information content (AvgIpc) is 2.66. The largest absolute Gasteiger partial charge is 0.353 e. The van der Waals surface area contributed by atoms with Crippen LogP contribution < -0.4 is 4.90 Å². The highest BCUT2D eigenvalue weighted by molar-refractivity contribution is 5.89. The maximum Gasteiger partial charge on any atom is 0.139 e. The lowest BCUT2D eigenvalue weighted by Crippen LogP contribution is -2.47. The van der Waals surface area contributed by atoms with Crippen LogP contribution in [-0.4, -0.2) is 52.6 Å². The number of aryl methyl sites for hydroxylation is 1. The fraction of sp³-hybridized carbons (Fsp3) is 0.350. The highest BCUT2D eigenvalue weighted by atomic mass is 15.3. The van der Waals surface area contributed by atoms with E-state index in [1.54, 1.807) is 6.33 Å². The molecule has 0 spiro atoms. The van der Waals surface area contributed by atoms with E-state index in [1.165, 1.54) is 5.69 Å². The predicted octanol–water partition coefficient (Wildman–Crippen LogP) is 2.70. The highest BCUT2D eigenvalue weighted by Gasteiger charge is 2.19.